The highest BCUT2D eigenvalue weighted by molar-refractivity contribution is 5.91. The molecule has 0 saturated heterocycles. The largest absolute Gasteiger partial charge is 0.494 e. The number of nitrogens with one attached hydrogen (secondary N) is 1. The van der Waals surface area contributed by atoms with Gasteiger partial charge in [-0.2, -0.15) is 8.78 Å². The fraction of sp³-hybridized carbons (Fsp3) is 0.286. The summed E-state index contributed by atoms with van der Waals surface area (Å²) in [4.78, 5) is 12.1. The van der Waals surface area contributed by atoms with Crippen LogP contribution in [0.1, 0.15) is 25.0 Å². The van der Waals surface area contributed by atoms with E-state index in [0.29, 0.717) is 25.3 Å². The van der Waals surface area contributed by atoms with Gasteiger partial charge in [-0.3, -0.25) is 4.79 Å². The van der Waals surface area contributed by atoms with Crippen LogP contribution in [0.5, 0.6) is 17.2 Å². The maximum absolute atomic E-state index is 12.4. The maximum atomic E-state index is 12.4. The first kappa shape index (κ1) is 21.2. The number of hydrogen-bond donors (Lipinski definition) is 1. The molecule has 0 aliphatic heterocycles. The van der Waals surface area contributed by atoms with E-state index in [-0.39, 0.29) is 17.4 Å². The zero-order valence-corrected chi connectivity index (χ0v) is 15.8. The molecule has 0 spiro atoms. The summed E-state index contributed by atoms with van der Waals surface area (Å²) in [5, 5.41) is 2.78. The molecule has 0 saturated carbocycles. The first-order valence-electron chi connectivity index (χ1n) is 8.91. The van der Waals surface area contributed by atoms with E-state index in [0.717, 1.165) is 11.3 Å². The minimum absolute atomic E-state index is 0.0500. The van der Waals surface area contributed by atoms with Crippen LogP contribution in [0.15, 0.2) is 48.5 Å². The lowest BCUT2D eigenvalue weighted by molar-refractivity contribution is -0.116. The molecule has 150 valence electrons. The third kappa shape index (κ3) is 6.57. The number of carbonyl (C=O) groups excluding carboxylic acids is 1. The maximum Gasteiger partial charge on any atom is 0.387 e. The lowest BCUT2D eigenvalue weighted by Gasteiger charge is -2.11. The van der Waals surface area contributed by atoms with Crippen molar-refractivity contribution in [3.05, 3.63) is 59.7 Å². The average molecular weight is 391 g/mol. The van der Waals surface area contributed by atoms with Gasteiger partial charge >= 0.3 is 6.61 Å². The molecule has 0 fully saturated rings. The molecule has 0 heterocycles. The molecule has 0 unspecified atom stereocenters. The van der Waals surface area contributed by atoms with Crippen LogP contribution in [0.4, 0.5) is 8.78 Å². The Labute approximate surface area is 162 Å². The van der Waals surface area contributed by atoms with Crippen LogP contribution in [0, 0.1) is 0 Å². The van der Waals surface area contributed by atoms with Crippen molar-refractivity contribution in [2.75, 3.05) is 13.2 Å². The van der Waals surface area contributed by atoms with Gasteiger partial charge in [0.05, 0.1) is 13.2 Å². The minimum Gasteiger partial charge on any atom is -0.494 e. The van der Waals surface area contributed by atoms with Gasteiger partial charge in [0.15, 0.2) is 11.5 Å². The van der Waals surface area contributed by atoms with Gasteiger partial charge in [-0.15, -0.1) is 0 Å². The molecule has 7 heteroatoms. The summed E-state index contributed by atoms with van der Waals surface area (Å²) >= 11 is 0. The number of para-hydroxylation sites is 1. The number of rotatable bonds is 10. The van der Waals surface area contributed by atoms with E-state index in [1.54, 1.807) is 19.1 Å². The molecule has 28 heavy (non-hydrogen) atoms. The SMILES string of the molecule is CCOc1ccccc1CNC(=O)C=Cc1ccc(OC(F)F)c(OCC)c1. The van der Waals surface area contributed by atoms with Gasteiger partial charge in [0, 0.05) is 18.2 Å². The van der Waals surface area contributed by atoms with Crippen LogP contribution in [0.2, 0.25) is 0 Å². The summed E-state index contributed by atoms with van der Waals surface area (Å²) in [6.45, 7) is 1.86. The molecule has 2 aromatic rings. The number of halogens is 2. The van der Waals surface area contributed by atoms with E-state index in [1.165, 1.54) is 18.2 Å². The summed E-state index contributed by atoms with van der Waals surface area (Å²) < 4.78 is 40.2. The Morgan fingerprint density at radius 1 is 1.04 bits per heavy atom. The van der Waals surface area contributed by atoms with Crippen molar-refractivity contribution in [3.63, 3.8) is 0 Å². The van der Waals surface area contributed by atoms with Gasteiger partial charge < -0.3 is 19.5 Å². The van der Waals surface area contributed by atoms with Crippen molar-refractivity contribution in [1.29, 1.82) is 0 Å². The topological polar surface area (TPSA) is 56.8 Å². The zero-order chi connectivity index (χ0) is 20.4. The fourth-order valence-electron chi connectivity index (χ4n) is 2.45. The highest BCUT2D eigenvalue weighted by atomic mass is 19.3. The minimum atomic E-state index is -2.94. The number of benzene rings is 2. The summed E-state index contributed by atoms with van der Waals surface area (Å²) in [5.74, 6) is 0.574. The van der Waals surface area contributed by atoms with E-state index in [4.69, 9.17) is 9.47 Å². The second kappa shape index (κ2) is 10.9. The van der Waals surface area contributed by atoms with E-state index in [9.17, 15) is 13.6 Å². The summed E-state index contributed by atoms with van der Waals surface area (Å²) in [6.07, 6.45) is 2.93. The second-order valence-corrected chi connectivity index (χ2v) is 5.61. The molecule has 2 aromatic carbocycles. The van der Waals surface area contributed by atoms with Crippen molar-refractivity contribution < 1.29 is 27.8 Å². The molecular weight excluding hydrogens is 368 g/mol. The smallest absolute Gasteiger partial charge is 0.387 e. The van der Waals surface area contributed by atoms with Crippen LogP contribution in [-0.2, 0) is 11.3 Å². The van der Waals surface area contributed by atoms with Crippen molar-refractivity contribution in [2.45, 2.75) is 27.0 Å². The molecule has 0 bridgehead atoms. The first-order valence-corrected chi connectivity index (χ1v) is 8.91. The van der Waals surface area contributed by atoms with Gasteiger partial charge in [-0.1, -0.05) is 24.3 Å². The van der Waals surface area contributed by atoms with Crippen LogP contribution in [0.25, 0.3) is 6.08 Å². The Morgan fingerprint density at radius 3 is 2.46 bits per heavy atom. The Kier molecular flexibility index (Phi) is 8.27. The van der Waals surface area contributed by atoms with Crippen molar-refractivity contribution in [1.82, 2.24) is 5.32 Å². The highest BCUT2D eigenvalue weighted by Crippen LogP contribution is 2.30. The summed E-state index contributed by atoms with van der Waals surface area (Å²) in [5.41, 5.74) is 1.49. The van der Waals surface area contributed by atoms with Gasteiger partial charge in [-0.05, 0) is 43.7 Å². The number of alkyl halides is 2. The van der Waals surface area contributed by atoms with Gasteiger partial charge in [0.1, 0.15) is 5.75 Å². The number of hydrogen-bond acceptors (Lipinski definition) is 4. The van der Waals surface area contributed by atoms with Crippen LogP contribution < -0.4 is 19.5 Å². The monoisotopic (exact) mass is 391 g/mol. The highest BCUT2D eigenvalue weighted by Gasteiger charge is 2.11. The Balaban J connectivity index is 2.01. The van der Waals surface area contributed by atoms with E-state index in [1.807, 2.05) is 31.2 Å². The third-order valence-electron chi connectivity index (χ3n) is 3.64. The average Bonchev–Trinajstić information content (AvgIpc) is 2.67. The molecular formula is C21H23F2NO4. The van der Waals surface area contributed by atoms with Gasteiger partial charge in [0.25, 0.3) is 0 Å². The van der Waals surface area contributed by atoms with Crippen LogP contribution in [-0.4, -0.2) is 25.7 Å². The van der Waals surface area contributed by atoms with Crippen molar-refractivity contribution >= 4 is 12.0 Å². The molecule has 0 atom stereocenters. The molecule has 1 N–H and O–H groups in total. The molecule has 0 aliphatic rings. The quantitative estimate of drug-likeness (QED) is 0.610. The number of carbonyl (C=O) groups is 1. The summed E-state index contributed by atoms with van der Waals surface area (Å²) in [7, 11) is 0. The standard InChI is InChI=1S/C21H23F2NO4/c1-3-26-17-8-6-5-7-16(17)14-24-20(25)12-10-15-9-11-18(28-21(22)23)19(13-15)27-4-2/h5-13,21H,3-4,14H2,1-2H3,(H,24,25). The predicted molar refractivity (Wildman–Crippen MR) is 103 cm³/mol. The number of ether oxygens (including phenoxy) is 3. The lowest BCUT2D eigenvalue weighted by Crippen LogP contribution is -2.20. The van der Waals surface area contributed by atoms with Crippen LogP contribution in [0.3, 0.4) is 0 Å². The lowest BCUT2D eigenvalue weighted by atomic mass is 10.1. The Hall–Kier alpha value is -3.09. The zero-order valence-electron chi connectivity index (χ0n) is 15.8. The van der Waals surface area contributed by atoms with E-state index >= 15 is 0 Å². The van der Waals surface area contributed by atoms with Gasteiger partial charge in [-0.25, -0.2) is 0 Å². The fourth-order valence-corrected chi connectivity index (χ4v) is 2.45. The molecule has 1 amide bonds. The number of amides is 1. The second-order valence-electron chi connectivity index (χ2n) is 5.61. The third-order valence-corrected chi connectivity index (χ3v) is 3.64. The Bertz CT molecular complexity index is 809. The summed E-state index contributed by atoms with van der Waals surface area (Å²) in [6, 6.07) is 12.0. The Morgan fingerprint density at radius 2 is 1.75 bits per heavy atom. The molecule has 0 radical (unpaired) electrons. The molecule has 5 nitrogen and oxygen atoms in total. The normalized spacial score (nSPS) is 10.9. The predicted octanol–water partition coefficient (Wildman–Crippen LogP) is 4.42. The van der Waals surface area contributed by atoms with Gasteiger partial charge in [0.2, 0.25) is 5.91 Å². The molecule has 2 rings (SSSR count). The first-order chi connectivity index (χ1) is 13.5. The van der Waals surface area contributed by atoms with E-state index < -0.39 is 6.61 Å². The van der Waals surface area contributed by atoms with Crippen LogP contribution >= 0.6 is 0 Å². The van der Waals surface area contributed by atoms with Crippen molar-refractivity contribution in [3.8, 4) is 17.2 Å². The molecule has 0 aliphatic carbocycles. The van der Waals surface area contributed by atoms with E-state index in [2.05, 4.69) is 10.1 Å². The van der Waals surface area contributed by atoms with Crippen molar-refractivity contribution in [2.24, 2.45) is 0 Å². The molecule has 0 aromatic heterocycles.